The molecule has 0 aliphatic carbocycles. The number of halogens is 1. The molecular weight excluding hydrogens is 421 g/mol. The highest BCUT2D eigenvalue weighted by Gasteiger charge is 2.13. The lowest BCUT2D eigenvalue weighted by molar-refractivity contribution is 0.0785. The van der Waals surface area contributed by atoms with Gasteiger partial charge in [0, 0.05) is 36.7 Å². The van der Waals surface area contributed by atoms with Crippen LogP contribution in [0.4, 0.5) is 0 Å². The molecule has 3 rings (SSSR count). The van der Waals surface area contributed by atoms with E-state index < -0.39 is 8.07 Å². The van der Waals surface area contributed by atoms with Gasteiger partial charge in [-0.15, -0.1) is 0 Å². The van der Waals surface area contributed by atoms with E-state index in [1.165, 1.54) is 0 Å². The van der Waals surface area contributed by atoms with Gasteiger partial charge in [0.25, 0.3) is 0 Å². The summed E-state index contributed by atoms with van der Waals surface area (Å²) in [5, 5.41) is 9.97. The maximum Gasteiger partial charge on any atom is 0.177 e. The molecule has 0 N–H and O–H groups in total. The van der Waals surface area contributed by atoms with Gasteiger partial charge < -0.3 is 4.74 Å². The lowest BCUT2D eigenvalue weighted by Gasteiger charge is -2.15. The summed E-state index contributed by atoms with van der Waals surface area (Å²) < 4.78 is 10.4. The van der Waals surface area contributed by atoms with Crippen molar-refractivity contribution in [2.24, 2.45) is 0 Å². The molecule has 0 radical (unpaired) electrons. The number of aromatic nitrogens is 5. The Hall–Kier alpha value is -1.26. The summed E-state index contributed by atoms with van der Waals surface area (Å²) in [6.45, 7) is 8.29. The number of ether oxygens (including phenoxy) is 1. The number of hydrogen-bond acceptors (Lipinski definition) is 4. The summed E-state index contributed by atoms with van der Waals surface area (Å²) in [4.78, 5) is 4.41. The number of pyridine rings is 1. The summed E-state index contributed by atoms with van der Waals surface area (Å²) in [6, 6.07) is 5.06. The van der Waals surface area contributed by atoms with E-state index in [0.717, 1.165) is 33.1 Å². The second-order valence-corrected chi connectivity index (χ2v) is 13.4. The van der Waals surface area contributed by atoms with Crippen LogP contribution in [0.2, 0.25) is 25.7 Å². The van der Waals surface area contributed by atoms with Gasteiger partial charge in [-0.3, -0.25) is 0 Å². The largest absolute Gasteiger partial charge is 0.360 e. The fraction of sp³-hybridized carbons (Fsp3) is 0.400. The molecule has 0 aliphatic heterocycles. The zero-order valence-corrected chi connectivity index (χ0v) is 16.7. The van der Waals surface area contributed by atoms with Crippen LogP contribution in [-0.2, 0) is 11.5 Å². The fourth-order valence-electron chi connectivity index (χ4n) is 2.14. The number of fused-ring (bicyclic) bond motifs is 1. The van der Waals surface area contributed by atoms with Crippen LogP contribution in [0, 0.1) is 3.57 Å². The van der Waals surface area contributed by atoms with E-state index in [2.05, 4.69) is 57.4 Å². The first-order chi connectivity index (χ1) is 10.9. The van der Waals surface area contributed by atoms with Crippen LogP contribution in [0.15, 0.2) is 30.7 Å². The number of nitrogens with zero attached hydrogens (tertiary/aromatic N) is 5. The third-order valence-electron chi connectivity index (χ3n) is 3.48. The van der Waals surface area contributed by atoms with Gasteiger partial charge in [0.1, 0.15) is 6.73 Å². The highest BCUT2D eigenvalue weighted by molar-refractivity contribution is 14.1. The monoisotopic (exact) mass is 441 g/mol. The molecule has 0 bridgehead atoms. The average Bonchev–Trinajstić information content (AvgIpc) is 3.09. The molecule has 0 aliphatic rings. The van der Waals surface area contributed by atoms with Crippen LogP contribution in [0.3, 0.4) is 0 Å². The molecule has 0 aromatic carbocycles. The molecule has 0 fully saturated rings. The molecule has 0 saturated heterocycles. The standard InChI is InChI=1S/C15H20IN5OSi/c1-23(2,3)9-8-22-11-20-7-5-14(19-20)21-15-12(10-18-21)13(16)4-6-17-15/h4-7,10H,8-9,11H2,1-3H3. The van der Waals surface area contributed by atoms with Crippen molar-refractivity contribution in [3.63, 3.8) is 0 Å². The van der Waals surface area contributed by atoms with Crippen molar-refractivity contribution in [1.29, 1.82) is 0 Å². The van der Waals surface area contributed by atoms with Crippen LogP contribution in [-0.4, -0.2) is 39.2 Å². The average molecular weight is 441 g/mol. The van der Waals surface area contributed by atoms with E-state index in [1.807, 2.05) is 24.5 Å². The predicted octanol–water partition coefficient (Wildman–Crippen LogP) is 3.53. The summed E-state index contributed by atoms with van der Waals surface area (Å²) in [6.07, 6.45) is 5.53. The Balaban J connectivity index is 1.70. The number of rotatable bonds is 6. The summed E-state index contributed by atoms with van der Waals surface area (Å²) in [7, 11) is -1.05. The highest BCUT2D eigenvalue weighted by Crippen LogP contribution is 2.20. The van der Waals surface area contributed by atoms with Crippen molar-refractivity contribution in [2.45, 2.75) is 32.4 Å². The van der Waals surface area contributed by atoms with E-state index in [0.29, 0.717) is 6.73 Å². The molecule has 8 heteroatoms. The lowest BCUT2D eigenvalue weighted by Crippen LogP contribution is -2.22. The van der Waals surface area contributed by atoms with Crippen molar-refractivity contribution in [1.82, 2.24) is 24.5 Å². The second kappa shape index (κ2) is 6.69. The minimum Gasteiger partial charge on any atom is -0.360 e. The SMILES string of the molecule is C[Si](C)(C)CCOCn1ccc(-n2ncc3c(I)ccnc32)n1. The van der Waals surface area contributed by atoms with Crippen molar-refractivity contribution >= 4 is 41.7 Å². The smallest absolute Gasteiger partial charge is 0.177 e. The van der Waals surface area contributed by atoms with Crippen molar-refractivity contribution in [3.8, 4) is 5.82 Å². The summed E-state index contributed by atoms with van der Waals surface area (Å²) in [5.74, 6) is 0.753. The molecule has 0 saturated carbocycles. The fourth-order valence-corrected chi connectivity index (χ4v) is 3.44. The Morgan fingerprint density at radius 3 is 2.87 bits per heavy atom. The van der Waals surface area contributed by atoms with E-state index in [-0.39, 0.29) is 0 Å². The summed E-state index contributed by atoms with van der Waals surface area (Å²) >= 11 is 2.29. The van der Waals surface area contributed by atoms with Gasteiger partial charge in [-0.05, 0) is 34.7 Å². The van der Waals surface area contributed by atoms with E-state index in [9.17, 15) is 0 Å². The molecule has 122 valence electrons. The zero-order valence-electron chi connectivity index (χ0n) is 13.5. The van der Waals surface area contributed by atoms with Gasteiger partial charge in [0.15, 0.2) is 11.5 Å². The van der Waals surface area contributed by atoms with Crippen LogP contribution < -0.4 is 0 Å². The van der Waals surface area contributed by atoms with E-state index in [1.54, 1.807) is 15.6 Å². The molecule has 0 atom stereocenters. The van der Waals surface area contributed by atoms with Crippen LogP contribution in [0.25, 0.3) is 16.9 Å². The lowest BCUT2D eigenvalue weighted by atomic mass is 10.4. The van der Waals surface area contributed by atoms with Gasteiger partial charge >= 0.3 is 0 Å². The van der Waals surface area contributed by atoms with Crippen LogP contribution >= 0.6 is 22.6 Å². The minimum atomic E-state index is -1.05. The van der Waals surface area contributed by atoms with Crippen molar-refractivity contribution in [3.05, 3.63) is 34.3 Å². The van der Waals surface area contributed by atoms with Crippen LogP contribution in [0.1, 0.15) is 0 Å². The molecule has 3 aromatic rings. The number of hydrogen-bond donors (Lipinski definition) is 0. The predicted molar refractivity (Wildman–Crippen MR) is 101 cm³/mol. The molecule has 0 amide bonds. The van der Waals surface area contributed by atoms with Gasteiger partial charge in [-0.1, -0.05) is 19.6 Å². The highest BCUT2D eigenvalue weighted by atomic mass is 127. The van der Waals surface area contributed by atoms with Gasteiger partial charge in [0.2, 0.25) is 0 Å². The van der Waals surface area contributed by atoms with Crippen molar-refractivity contribution < 1.29 is 4.74 Å². The quantitative estimate of drug-likeness (QED) is 0.334. The molecule has 6 nitrogen and oxygen atoms in total. The third-order valence-corrected chi connectivity index (χ3v) is 6.13. The maximum absolute atomic E-state index is 5.72. The molecule has 0 spiro atoms. The minimum absolute atomic E-state index is 0.467. The first kappa shape index (κ1) is 16.6. The van der Waals surface area contributed by atoms with E-state index >= 15 is 0 Å². The molecule has 23 heavy (non-hydrogen) atoms. The Morgan fingerprint density at radius 2 is 2.09 bits per heavy atom. The van der Waals surface area contributed by atoms with E-state index in [4.69, 9.17) is 4.74 Å². The first-order valence-electron chi connectivity index (χ1n) is 7.54. The van der Waals surface area contributed by atoms with Gasteiger partial charge in [0.05, 0.1) is 11.6 Å². The van der Waals surface area contributed by atoms with Crippen molar-refractivity contribution in [2.75, 3.05) is 6.61 Å². The maximum atomic E-state index is 5.72. The van der Waals surface area contributed by atoms with Gasteiger partial charge in [-0.25, -0.2) is 9.67 Å². The Kier molecular flexibility index (Phi) is 4.83. The zero-order chi connectivity index (χ0) is 16.4. The second-order valence-electron chi connectivity index (χ2n) is 6.65. The first-order valence-corrected chi connectivity index (χ1v) is 12.3. The molecular formula is C15H20IN5OSi. The Morgan fingerprint density at radius 1 is 1.26 bits per heavy atom. The molecule has 3 aromatic heterocycles. The topological polar surface area (TPSA) is 57.8 Å². The van der Waals surface area contributed by atoms with Gasteiger partial charge in [-0.2, -0.15) is 14.9 Å². The molecule has 0 unspecified atom stereocenters. The van der Waals surface area contributed by atoms with Crippen LogP contribution in [0.5, 0.6) is 0 Å². The molecule has 3 heterocycles. The Bertz CT molecular complexity index is 808. The summed E-state index contributed by atoms with van der Waals surface area (Å²) in [5.41, 5.74) is 0.821. The normalized spacial score (nSPS) is 12.2. The Labute approximate surface area is 150 Å². The third kappa shape index (κ3) is 3.99.